The van der Waals surface area contributed by atoms with Crippen LogP contribution in [0.1, 0.15) is 38.2 Å². The van der Waals surface area contributed by atoms with Gasteiger partial charge in [0.05, 0.1) is 4.90 Å². The van der Waals surface area contributed by atoms with E-state index in [-0.39, 0.29) is 0 Å². The van der Waals surface area contributed by atoms with Crippen molar-refractivity contribution in [3.8, 4) is 0 Å². The molecule has 0 aliphatic heterocycles. The number of unbranched alkanes of at least 4 members (excludes halogenated alkanes) is 2. The van der Waals surface area contributed by atoms with E-state index in [1.54, 1.807) is 12.1 Å². The SMILES string of the molecule is C=CCC/C=C/C(=C)CN(CCCC)S(=O)(=O)c1ccc(C)cc1. The zero-order valence-electron chi connectivity index (χ0n) is 14.9. The number of aryl methyl sites for hydroxylation is 1. The highest BCUT2D eigenvalue weighted by Crippen LogP contribution is 2.18. The molecule has 0 radical (unpaired) electrons. The van der Waals surface area contributed by atoms with Gasteiger partial charge in [-0.3, -0.25) is 0 Å². The summed E-state index contributed by atoms with van der Waals surface area (Å²) >= 11 is 0. The number of allylic oxidation sites excluding steroid dienone is 2. The van der Waals surface area contributed by atoms with Crippen LogP contribution in [0.2, 0.25) is 0 Å². The summed E-state index contributed by atoms with van der Waals surface area (Å²) in [6.45, 7) is 12.5. The van der Waals surface area contributed by atoms with Crippen molar-refractivity contribution in [2.45, 2.75) is 44.4 Å². The summed E-state index contributed by atoms with van der Waals surface area (Å²) in [5, 5.41) is 0. The number of rotatable bonds is 11. The molecule has 0 aliphatic carbocycles. The Morgan fingerprint density at radius 2 is 1.88 bits per heavy atom. The molecule has 0 amide bonds. The van der Waals surface area contributed by atoms with E-state index in [4.69, 9.17) is 0 Å². The van der Waals surface area contributed by atoms with E-state index >= 15 is 0 Å². The van der Waals surface area contributed by atoms with Crippen molar-refractivity contribution in [2.75, 3.05) is 13.1 Å². The zero-order valence-corrected chi connectivity index (χ0v) is 15.7. The van der Waals surface area contributed by atoms with Gasteiger partial charge in [-0.05, 0) is 43.9 Å². The highest BCUT2D eigenvalue weighted by molar-refractivity contribution is 7.89. The first-order chi connectivity index (χ1) is 11.4. The third-order valence-electron chi connectivity index (χ3n) is 3.69. The average molecular weight is 348 g/mol. The lowest BCUT2D eigenvalue weighted by atomic mass is 10.2. The van der Waals surface area contributed by atoms with Gasteiger partial charge in [0.2, 0.25) is 10.0 Å². The molecule has 0 heterocycles. The minimum absolute atomic E-state index is 0.320. The molecule has 0 aromatic heterocycles. The van der Waals surface area contributed by atoms with E-state index < -0.39 is 10.0 Å². The third kappa shape index (κ3) is 6.46. The van der Waals surface area contributed by atoms with Crippen molar-refractivity contribution in [3.05, 3.63) is 66.8 Å². The zero-order chi connectivity index (χ0) is 18.0. The van der Waals surface area contributed by atoms with Crippen molar-refractivity contribution in [2.24, 2.45) is 0 Å². The maximum absolute atomic E-state index is 12.9. The Balaban J connectivity index is 2.90. The molecular weight excluding hydrogens is 318 g/mol. The van der Waals surface area contributed by atoms with Crippen LogP contribution in [0, 0.1) is 6.92 Å². The first-order valence-corrected chi connectivity index (χ1v) is 9.87. The summed E-state index contributed by atoms with van der Waals surface area (Å²) in [5.74, 6) is 0. The summed E-state index contributed by atoms with van der Waals surface area (Å²) < 4.78 is 27.3. The molecule has 4 heteroatoms. The lowest BCUT2D eigenvalue weighted by molar-refractivity contribution is 0.428. The van der Waals surface area contributed by atoms with Crippen LogP contribution in [0.5, 0.6) is 0 Å². The Kier molecular flexibility index (Phi) is 8.72. The normalized spacial score (nSPS) is 12.0. The fourth-order valence-corrected chi connectivity index (χ4v) is 3.70. The quantitative estimate of drug-likeness (QED) is 0.325. The molecule has 0 unspecified atom stereocenters. The van der Waals surface area contributed by atoms with Crippen molar-refractivity contribution < 1.29 is 8.42 Å². The van der Waals surface area contributed by atoms with Crippen LogP contribution in [-0.2, 0) is 10.0 Å². The van der Waals surface area contributed by atoms with E-state index in [2.05, 4.69) is 20.1 Å². The van der Waals surface area contributed by atoms with E-state index in [1.807, 2.05) is 37.3 Å². The second-order valence-electron chi connectivity index (χ2n) is 5.93. The van der Waals surface area contributed by atoms with Crippen LogP contribution in [0.4, 0.5) is 0 Å². The van der Waals surface area contributed by atoms with Crippen molar-refractivity contribution >= 4 is 10.0 Å². The monoisotopic (exact) mass is 347 g/mol. The fourth-order valence-electron chi connectivity index (χ4n) is 2.22. The van der Waals surface area contributed by atoms with E-state index in [1.165, 1.54) is 4.31 Å². The van der Waals surface area contributed by atoms with Gasteiger partial charge in [0.1, 0.15) is 0 Å². The summed E-state index contributed by atoms with van der Waals surface area (Å²) in [6.07, 6.45) is 9.36. The van der Waals surface area contributed by atoms with E-state index in [0.717, 1.165) is 36.8 Å². The highest BCUT2D eigenvalue weighted by Gasteiger charge is 2.23. The second kappa shape index (κ2) is 10.3. The van der Waals surface area contributed by atoms with Gasteiger partial charge in [0.25, 0.3) is 0 Å². The Morgan fingerprint density at radius 1 is 1.21 bits per heavy atom. The summed E-state index contributed by atoms with van der Waals surface area (Å²) in [6, 6.07) is 7.00. The van der Waals surface area contributed by atoms with Gasteiger partial charge in [-0.15, -0.1) is 6.58 Å². The lowest BCUT2D eigenvalue weighted by Gasteiger charge is -2.22. The third-order valence-corrected chi connectivity index (χ3v) is 5.55. The maximum Gasteiger partial charge on any atom is 0.243 e. The Morgan fingerprint density at radius 3 is 2.46 bits per heavy atom. The molecule has 1 aromatic rings. The number of nitrogens with zero attached hydrogens (tertiary/aromatic N) is 1. The molecular formula is C20H29NO2S. The van der Waals surface area contributed by atoms with Gasteiger partial charge < -0.3 is 0 Å². The first kappa shape index (κ1) is 20.4. The molecule has 0 N–H and O–H groups in total. The van der Waals surface area contributed by atoms with Crippen molar-refractivity contribution in [1.82, 2.24) is 4.31 Å². The molecule has 0 bridgehead atoms. The number of sulfonamides is 1. The molecule has 0 aliphatic rings. The van der Waals surface area contributed by atoms with Crippen LogP contribution in [0.3, 0.4) is 0 Å². The average Bonchev–Trinajstić information content (AvgIpc) is 2.55. The molecule has 24 heavy (non-hydrogen) atoms. The topological polar surface area (TPSA) is 37.4 Å². The number of benzene rings is 1. The largest absolute Gasteiger partial charge is 0.243 e. The van der Waals surface area contributed by atoms with Crippen LogP contribution in [0.15, 0.2) is 66.1 Å². The molecule has 1 rings (SSSR count). The van der Waals surface area contributed by atoms with Crippen LogP contribution < -0.4 is 0 Å². The molecule has 0 spiro atoms. The molecule has 3 nitrogen and oxygen atoms in total. The number of hydrogen-bond acceptors (Lipinski definition) is 2. The molecule has 0 saturated carbocycles. The Hall–Kier alpha value is -1.65. The van der Waals surface area contributed by atoms with E-state index in [0.29, 0.717) is 18.0 Å². The van der Waals surface area contributed by atoms with Gasteiger partial charge in [-0.1, -0.05) is 55.8 Å². The summed E-state index contributed by atoms with van der Waals surface area (Å²) in [4.78, 5) is 0.340. The minimum Gasteiger partial charge on any atom is -0.207 e. The molecule has 0 saturated heterocycles. The smallest absolute Gasteiger partial charge is 0.207 e. The maximum atomic E-state index is 12.9. The standard InChI is InChI=1S/C20H29NO2S/c1-5-7-9-10-11-19(4)17-21(16-8-6-2)24(22,23)20-14-12-18(3)13-15-20/h5,10-15H,1,4,6-9,16-17H2,2-3H3/b11-10+. The minimum atomic E-state index is -3.50. The van der Waals surface area contributed by atoms with Gasteiger partial charge in [0, 0.05) is 13.1 Å². The predicted molar refractivity (Wildman–Crippen MR) is 103 cm³/mol. The van der Waals surface area contributed by atoms with Gasteiger partial charge >= 0.3 is 0 Å². The van der Waals surface area contributed by atoms with Crippen LogP contribution in [-0.4, -0.2) is 25.8 Å². The van der Waals surface area contributed by atoms with Gasteiger partial charge in [-0.25, -0.2) is 8.42 Å². The fraction of sp³-hybridized carbons (Fsp3) is 0.400. The second-order valence-corrected chi connectivity index (χ2v) is 7.87. The summed E-state index contributed by atoms with van der Waals surface area (Å²) in [7, 11) is -3.50. The van der Waals surface area contributed by atoms with E-state index in [9.17, 15) is 8.42 Å². The lowest BCUT2D eigenvalue weighted by Crippen LogP contribution is -2.33. The summed E-state index contributed by atoms with van der Waals surface area (Å²) in [5.41, 5.74) is 1.84. The van der Waals surface area contributed by atoms with Crippen LogP contribution in [0.25, 0.3) is 0 Å². The highest BCUT2D eigenvalue weighted by atomic mass is 32.2. The Labute approximate surface area is 147 Å². The molecule has 0 fully saturated rings. The molecule has 0 atom stereocenters. The molecule has 132 valence electrons. The van der Waals surface area contributed by atoms with Crippen molar-refractivity contribution in [3.63, 3.8) is 0 Å². The van der Waals surface area contributed by atoms with Gasteiger partial charge in [-0.2, -0.15) is 4.31 Å². The van der Waals surface area contributed by atoms with Crippen LogP contribution >= 0.6 is 0 Å². The molecule has 1 aromatic carbocycles. The van der Waals surface area contributed by atoms with Crippen molar-refractivity contribution in [1.29, 1.82) is 0 Å². The van der Waals surface area contributed by atoms with Gasteiger partial charge in [0.15, 0.2) is 0 Å². The first-order valence-electron chi connectivity index (χ1n) is 8.43. The number of hydrogen-bond donors (Lipinski definition) is 0. The Bertz CT molecular complexity index is 657. The predicted octanol–water partition coefficient (Wildman–Crippen LogP) is 4.86.